The average Bonchev–Trinajstić information content (AvgIpc) is 3.03. The minimum atomic E-state index is -0.643. The number of aliphatic hydroxyl groups is 4. The van der Waals surface area contributed by atoms with Crippen molar-refractivity contribution >= 4 is 0 Å². The second-order valence-electron chi connectivity index (χ2n) is 12.2. The van der Waals surface area contributed by atoms with E-state index in [9.17, 15) is 30.6 Å². The van der Waals surface area contributed by atoms with Crippen molar-refractivity contribution in [2.45, 2.75) is 128 Å². The van der Waals surface area contributed by atoms with Crippen molar-refractivity contribution in [1.82, 2.24) is 10.6 Å². The summed E-state index contributed by atoms with van der Waals surface area (Å²) >= 11 is 0. The molecular formula is C36H60N2O6. The first-order chi connectivity index (χ1) is 21.5. The molecule has 2 rings (SSSR count). The Morgan fingerprint density at radius 1 is 0.455 bits per heavy atom. The molecule has 8 heteroatoms. The molecule has 0 spiro atoms. The number of aromatic hydroxyl groups is 2. The van der Waals surface area contributed by atoms with E-state index in [0.717, 1.165) is 25.9 Å². The van der Waals surface area contributed by atoms with Gasteiger partial charge in [0.2, 0.25) is 0 Å². The highest BCUT2D eigenvalue weighted by atomic mass is 16.3. The Morgan fingerprint density at radius 2 is 0.750 bits per heavy atom. The second-order valence-corrected chi connectivity index (χ2v) is 12.2. The molecule has 2 unspecified atom stereocenters. The Kier molecular flexibility index (Phi) is 20.8. The van der Waals surface area contributed by atoms with Crippen LogP contribution in [0.2, 0.25) is 0 Å². The molecule has 0 saturated carbocycles. The van der Waals surface area contributed by atoms with Gasteiger partial charge in [0.1, 0.15) is 11.5 Å². The van der Waals surface area contributed by atoms with Crippen LogP contribution in [0.15, 0.2) is 36.4 Å². The standard InChI is InChI=1S/C36H60N2O6/c39-27-31-23-29(17-19-33(31)41)35(43)25-37-21-15-13-11-9-7-5-3-1-2-4-6-8-10-12-14-16-22-38-26-36(44)30-18-20-34(42)32(24-30)28-40/h17-20,23-24,35-44H,1-16,21-22,25-28H2. The number of hydrogen-bond donors (Lipinski definition) is 8. The van der Waals surface area contributed by atoms with Crippen molar-refractivity contribution in [3.8, 4) is 11.5 Å². The Bertz CT molecular complexity index is 925. The van der Waals surface area contributed by atoms with Gasteiger partial charge in [0, 0.05) is 24.2 Å². The summed E-state index contributed by atoms with van der Waals surface area (Å²) < 4.78 is 0. The third kappa shape index (κ3) is 16.2. The van der Waals surface area contributed by atoms with Crippen LogP contribution in [0.5, 0.6) is 11.5 Å². The van der Waals surface area contributed by atoms with E-state index in [2.05, 4.69) is 10.6 Å². The number of aliphatic hydroxyl groups excluding tert-OH is 4. The fourth-order valence-corrected chi connectivity index (χ4v) is 5.57. The fraction of sp³-hybridized carbons (Fsp3) is 0.667. The molecule has 0 aliphatic carbocycles. The van der Waals surface area contributed by atoms with Crippen LogP contribution < -0.4 is 10.6 Å². The summed E-state index contributed by atoms with van der Waals surface area (Å²) in [7, 11) is 0. The zero-order valence-corrected chi connectivity index (χ0v) is 26.9. The van der Waals surface area contributed by atoms with Gasteiger partial charge in [-0.15, -0.1) is 0 Å². The monoisotopic (exact) mass is 616 g/mol. The topological polar surface area (TPSA) is 145 Å². The third-order valence-corrected chi connectivity index (χ3v) is 8.45. The first-order valence-electron chi connectivity index (χ1n) is 17.1. The molecule has 0 amide bonds. The summed E-state index contributed by atoms with van der Waals surface area (Å²) in [5.74, 6) is 0.110. The predicted molar refractivity (Wildman–Crippen MR) is 178 cm³/mol. The van der Waals surface area contributed by atoms with Gasteiger partial charge in [0.15, 0.2) is 0 Å². The summed E-state index contributed by atoms with van der Waals surface area (Å²) in [6, 6.07) is 9.73. The Balaban J connectivity index is 1.28. The van der Waals surface area contributed by atoms with E-state index in [-0.39, 0.29) is 24.7 Å². The first kappa shape index (κ1) is 38.0. The second kappa shape index (κ2) is 24.1. The van der Waals surface area contributed by atoms with E-state index in [0.29, 0.717) is 35.3 Å². The maximum absolute atomic E-state index is 10.3. The third-order valence-electron chi connectivity index (χ3n) is 8.45. The molecule has 0 fully saturated rings. The van der Waals surface area contributed by atoms with Gasteiger partial charge in [-0.05, 0) is 61.3 Å². The number of rotatable bonds is 27. The number of benzene rings is 2. The fourth-order valence-electron chi connectivity index (χ4n) is 5.57. The van der Waals surface area contributed by atoms with Crippen LogP contribution in [-0.4, -0.2) is 56.8 Å². The molecule has 0 saturated heterocycles. The molecule has 2 atom stereocenters. The van der Waals surface area contributed by atoms with Crippen LogP contribution in [-0.2, 0) is 13.2 Å². The minimum absolute atomic E-state index is 0.0552. The van der Waals surface area contributed by atoms with Crippen molar-refractivity contribution in [2.75, 3.05) is 26.2 Å². The number of nitrogens with one attached hydrogen (secondary N) is 2. The summed E-state index contributed by atoms with van der Waals surface area (Å²) in [5, 5.41) is 65.0. The lowest BCUT2D eigenvalue weighted by Gasteiger charge is -2.14. The zero-order chi connectivity index (χ0) is 31.8. The van der Waals surface area contributed by atoms with Gasteiger partial charge in [-0.25, -0.2) is 0 Å². The summed E-state index contributed by atoms with van der Waals surface area (Å²) in [6.07, 6.45) is 19.3. The molecule has 250 valence electrons. The smallest absolute Gasteiger partial charge is 0.121 e. The Morgan fingerprint density at radius 3 is 1.05 bits per heavy atom. The van der Waals surface area contributed by atoms with Gasteiger partial charge in [0.25, 0.3) is 0 Å². The van der Waals surface area contributed by atoms with Gasteiger partial charge < -0.3 is 41.3 Å². The lowest BCUT2D eigenvalue weighted by Crippen LogP contribution is -2.22. The van der Waals surface area contributed by atoms with Gasteiger partial charge in [0.05, 0.1) is 25.4 Å². The molecule has 2 aromatic carbocycles. The molecule has 0 aromatic heterocycles. The Hall–Kier alpha value is -2.20. The molecule has 8 nitrogen and oxygen atoms in total. The number of unbranched alkanes of at least 4 members (excludes halogenated alkanes) is 15. The summed E-state index contributed by atoms with van der Waals surface area (Å²) in [5.41, 5.74) is 2.29. The van der Waals surface area contributed by atoms with Crippen LogP contribution in [0.3, 0.4) is 0 Å². The van der Waals surface area contributed by atoms with Crippen molar-refractivity contribution in [3.63, 3.8) is 0 Å². The maximum atomic E-state index is 10.3. The van der Waals surface area contributed by atoms with E-state index in [1.54, 1.807) is 24.3 Å². The molecule has 8 N–H and O–H groups in total. The van der Waals surface area contributed by atoms with Crippen molar-refractivity contribution in [3.05, 3.63) is 58.7 Å². The quantitative estimate of drug-likeness (QED) is 0.0549. The van der Waals surface area contributed by atoms with Crippen molar-refractivity contribution in [1.29, 1.82) is 0 Å². The van der Waals surface area contributed by atoms with E-state index in [1.165, 1.54) is 102 Å². The molecule has 44 heavy (non-hydrogen) atoms. The number of hydrogen-bond acceptors (Lipinski definition) is 8. The summed E-state index contributed by atoms with van der Waals surface area (Å²) in [6.45, 7) is 2.24. The highest BCUT2D eigenvalue weighted by molar-refractivity contribution is 5.37. The SMILES string of the molecule is OCc1cc(C(O)CNCCCCCCCCCCCCCCCCCCNCC(O)c2ccc(O)c(CO)c2)ccc1O. The van der Waals surface area contributed by atoms with Crippen LogP contribution in [0.1, 0.15) is 137 Å². The summed E-state index contributed by atoms with van der Waals surface area (Å²) in [4.78, 5) is 0. The zero-order valence-electron chi connectivity index (χ0n) is 26.9. The van der Waals surface area contributed by atoms with Crippen LogP contribution >= 0.6 is 0 Å². The molecule has 0 aliphatic rings. The van der Waals surface area contributed by atoms with E-state index in [4.69, 9.17) is 0 Å². The molecule has 0 heterocycles. The van der Waals surface area contributed by atoms with Gasteiger partial charge in [-0.3, -0.25) is 0 Å². The lowest BCUT2D eigenvalue weighted by atomic mass is 10.0. The molecular weight excluding hydrogens is 556 g/mol. The molecule has 0 radical (unpaired) electrons. The first-order valence-corrected chi connectivity index (χ1v) is 17.1. The normalized spacial score (nSPS) is 12.9. The number of phenols is 2. The van der Waals surface area contributed by atoms with Crippen LogP contribution in [0.25, 0.3) is 0 Å². The van der Waals surface area contributed by atoms with E-state index < -0.39 is 12.2 Å². The lowest BCUT2D eigenvalue weighted by molar-refractivity contribution is 0.174. The van der Waals surface area contributed by atoms with Gasteiger partial charge in [-0.1, -0.05) is 102 Å². The molecule has 2 aromatic rings. The molecule has 0 bridgehead atoms. The molecule has 0 aliphatic heterocycles. The van der Waals surface area contributed by atoms with Crippen LogP contribution in [0.4, 0.5) is 0 Å². The Labute approximate surface area is 265 Å². The highest BCUT2D eigenvalue weighted by Crippen LogP contribution is 2.23. The van der Waals surface area contributed by atoms with E-state index in [1.807, 2.05) is 0 Å². The largest absolute Gasteiger partial charge is 0.508 e. The van der Waals surface area contributed by atoms with E-state index >= 15 is 0 Å². The minimum Gasteiger partial charge on any atom is -0.508 e. The van der Waals surface area contributed by atoms with Crippen molar-refractivity contribution < 1.29 is 30.6 Å². The maximum Gasteiger partial charge on any atom is 0.121 e. The van der Waals surface area contributed by atoms with Crippen molar-refractivity contribution in [2.24, 2.45) is 0 Å². The predicted octanol–water partition coefficient (Wildman–Crippen LogP) is 6.27. The van der Waals surface area contributed by atoms with Crippen LogP contribution in [0, 0.1) is 0 Å². The highest BCUT2D eigenvalue weighted by Gasteiger charge is 2.11. The van der Waals surface area contributed by atoms with Gasteiger partial charge in [-0.2, -0.15) is 0 Å². The average molecular weight is 617 g/mol. The van der Waals surface area contributed by atoms with Gasteiger partial charge >= 0.3 is 0 Å².